The minimum atomic E-state index is -0.0265. The van der Waals surface area contributed by atoms with Crippen molar-refractivity contribution in [2.24, 2.45) is 0 Å². The fourth-order valence-corrected chi connectivity index (χ4v) is 4.04. The Morgan fingerprint density at radius 3 is 2.70 bits per heavy atom. The van der Waals surface area contributed by atoms with Crippen LogP contribution in [0.25, 0.3) is 0 Å². The number of carbonyl (C=O) groups is 1. The normalized spacial score (nSPS) is 17.8. The van der Waals surface area contributed by atoms with Crippen molar-refractivity contribution >= 4 is 45.2 Å². The first-order valence-corrected chi connectivity index (χ1v) is 9.24. The second-order valence-corrected chi connectivity index (χ2v) is 7.80. The molecule has 0 spiro atoms. The number of halogens is 2. The largest absolute Gasteiger partial charge is 0.351 e. The number of hydrogen-bond acceptors (Lipinski definition) is 2. The van der Waals surface area contributed by atoms with Crippen molar-refractivity contribution in [2.45, 2.75) is 36.9 Å². The molecule has 0 atom stereocenters. The molecule has 0 bridgehead atoms. The molecule has 1 aromatic carbocycles. The number of benzene rings is 1. The van der Waals surface area contributed by atoms with E-state index in [4.69, 9.17) is 11.6 Å². The standard InChI is InChI=1S/C15H19BrClNOS/c1-20-15(7-3-2-4-8-15)10-18-14(19)11-5-6-13(17)12(16)9-11/h5-6,9H,2-4,7-8,10H2,1H3,(H,18,19). The topological polar surface area (TPSA) is 29.1 Å². The molecule has 0 aromatic heterocycles. The number of nitrogens with one attached hydrogen (secondary N) is 1. The molecular weight excluding hydrogens is 358 g/mol. The first kappa shape index (κ1) is 16.2. The summed E-state index contributed by atoms with van der Waals surface area (Å²) in [5.41, 5.74) is 0.647. The summed E-state index contributed by atoms with van der Waals surface area (Å²) in [6, 6.07) is 5.27. The van der Waals surface area contributed by atoms with Crippen LogP contribution in [0.15, 0.2) is 22.7 Å². The summed E-state index contributed by atoms with van der Waals surface area (Å²) < 4.78 is 0.974. The second-order valence-electron chi connectivity index (χ2n) is 5.26. The van der Waals surface area contributed by atoms with Gasteiger partial charge in [-0.05, 0) is 53.2 Å². The molecule has 20 heavy (non-hydrogen) atoms. The molecular formula is C15H19BrClNOS. The summed E-state index contributed by atoms with van der Waals surface area (Å²) in [4.78, 5) is 12.2. The number of rotatable bonds is 4. The van der Waals surface area contributed by atoms with E-state index in [-0.39, 0.29) is 10.7 Å². The lowest BCUT2D eigenvalue weighted by molar-refractivity contribution is 0.0947. The zero-order valence-electron chi connectivity index (χ0n) is 11.5. The number of thioether (sulfide) groups is 1. The van der Waals surface area contributed by atoms with E-state index in [9.17, 15) is 4.79 Å². The quantitative estimate of drug-likeness (QED) is 0.810. The Hall–Kier alpha value is -0.190. The van der Waals surface area contributed by atoms with Gasteiger partial charge in [-0.1, -0.05) is 30.9 Å². The van der Waals surface area contributed by atoms with Gasteiger partial charge in [0, 0.05) is 21.3 Å². The van der Waals surface area contributed by atoms with Gasteiger partial charge in [0.1, 0.15) is 0 Å². The molecule has 2 rings (SSSR count). The zero-order chi connectivity index (χ0) is 14.6. The SMILES string of the molecule is CSC1(CNC(=O)c2ccc(Cl)c(Br)c2)CCCCC1. The van der Waals surface area contributed by atoms with E-state index in [2.05, 4.69) is 27.5 Å². The van der Waals surface area contributed by atoms with Gasteiger partial charge in [0.2, 0.25) is 0 Å². The maximum absolute atomic E-state index is 12.2. The summed E-state index contributed by atoms with van der Waals surface area (Å²) in [5.74, 6) is -0.0265. The number of carbonyl (C=O) groups excluding carboxylic acids is 1. The first-order valence-electron chi connectivity index (χ1n) is 6.85. The van der Waals surface area contributed by atoms with Crippen LogP contribution >= 0.6 is 39.3 Å². The molecule has 1 aliphatic carbocycles. The van der Waals surface area contributed by atoms with Crippen LogP contribution in [0.4, 0.5) is 0 Å². The van der Waals surface area contributed by atoms with E-state index >= 15 is 0 Å². The van der Waals surface area contributed by atoms with Crippen molar-refractivity contribution in [3.63, 3.8) is 0 Å². The van der Waals surface area contributed by atoms with E-state index in [0.29, 0.717) is 10.6 Å². The predicted octanol–water partition coefficient (Wildman–Crippen LogP) is 4.90. The van der Waals surface area contributed by atoms with Gasteiger partial charge in [0.25, 0.3) is 5.91 Å². The third-order valence-electron chi connectivity index (χ3n) is 3.95. The molecule has 1 N–H and O–H groups in total. The maximum Gasteiger partial charge on any atom is 0.251 e. The van der Waals surface area contributed by atoms with Crippen LogP contribution in [0, 0.1) is 0 Å². The third-order valence-corrected chi connectivity index (χ3v) is 6.58. The molecule has 0 saturated heterocycles. The number of hydrogen-bond donors (Lipinski definition) is 1. The molecule has 1 aliphatic rings. The highest BCUT2D eigenvalue weighted by Crippen LogP contribution is 2.38. The highest BCUT2D eigenvalue weighted by atomic mass is 79.9. The maximum atomic E-state index is 12.2. The van der Waals surface area contributed by atoms with Crippen molar-refractivity contribution in [1.29, 1.82) is 0 Å². The zero-order valence-corrected chi connectivity index (χ0v) is 14.7. The minimum Gasteiger partial charge on any atom is -0.351 e. The average Bonchev–Trinajstić information content (AvgIpc) is 2.48. The van der Waals surface area contributed by atoms with Crippen molar-refractivity contribution < 1.29 is 4.79 Å². The lowest BCUT2D eigenvalue weighted by Gasteiger charge is -2.35. The van der Waals surface area contributed by atoms with Gasteiger partial charge in [0.15, 0.2) is 0 Å². The average molecular weight is 377 g/mol. The van der Waals surface area contributed by atoms with Crippen LogP contribution < -0.4 is 5.32 Å². The van der Waals surface area contributed by atoms with Gasteiger partial charge in [-0.15, -0.1) is 0 Å². The Balaban J connectivity index is 1.98. The fraction of sp³-hybridized carbons (Fsp3) is 0.533. The molecule has 110 valence electrons. The monoisotopic (exact) mass is 375 g/mol. The van der Waals surface area contributed by atoms with Crippen LogP contribution in [0.3, 0.4) is 0 Å². The minimum absolute atomic E-state index is 0.0265. The van der Waals surface area contributed by atoms with Crippen LogP contribution in [-0.2, 0) is 0 Å². The second kappa shape index (κ2) is 7.19. The van der Waals surface area contributed by atoms with Gasteiger partial charge in [-0.3, -0.25) is 4.79 Å². The van der Waals surface area contributed by atoms with E-state index in [1.165, 1.54) is 32.1 Å². The Morgan fingerprint density at radius 1 is 1.40 bits per heavy atom. The van der Waals surface area contributed by atoms with Crippen LogP contribution in [0.5, 0.6) is 0 Å². The Kier molecular flexibility index (Phi) is 5.82. The Morgan fingerprint density at radius 2 is 2.10 bits per heavy atom. The summed E-state index contributed by atoms with van der Waals surface area (Å²) in [7, 11) is 0. The van der Waals surface area contributed by atoms with E-state index in [0.717, 1.165) is 11.0 Å². The van der Waals surface area contributed by atoms with Crippen molar-refractivity contribution in [1.82, 2.24) is 5.32 Å². The Labute approximate surface area is 138 Å². The number of amides is 1. The first-order chi connectivity index (χ1) is 9.56. The van der Waals surface area contributed by atoms with Crippen LogP contribution in [0.1, 0.15) is 42.5 Å². The lowest BCUT2D eigenvalue weighted by atomic mass is 9.88. The van der Waals surface area contributed by atoms with E-state index in [1.807, 2.05) is 11.8 Å². The smallest absolute Gasteiger partial charge is 0.251 e. The summed E-state index contributed by atoms with van der Waals surface area (Å²) in [6.45, 7) is 0.743. The van der Waals surface area contributed by atoms with Crippen LogP contribution in [-0.4, -0.2) is 23.5 Å². The van der Waals surface area contributed by atoms with Crippen LogP contribution in [0.2, 0.25) is 5.02 Å². The van der Waals surface area contributed by atoms with Gasteiger partial charge in [-0.2, -0.15) is 11.8 Å². The molecule has 1 fully saturated rings. The van der Waals surface area contributed by atoms with Gasteiger partial charge in [-0.25, -0.2) is 0 Å². The molecule has 1 amide bonds. The van der Waals surface area contributed by atoms with Gasteiger partial charge >= 0.3 is 0 Å². The molecule has 5 heteroatoms. The molecule has 2 nitrogen and oxygen atoms in total. The summed E-state index contributed by atoms with van der Waals surface area (Å²) in [5, 5.41) is 3.70. The fourth-order valence-electron chi connectivity index (χ4n) is 2.63. The van der Waals surface area contributed by atoms with Crippen molar-refractivity contribution in [3.05, 3.63) is 33.3 Å². The van der Waals surface area contributed by atoms with E-state index < -0.39 is 0 Å². The third kappa shape index (κ3) is 3.92. The highest BCUT2D eigenvalue weighted by molar-refractivity contribution is 9.10. The molecule has 0 radical (unpaired) electrons. The van der Waals surface area contributed by atoms with Crippen molar-refractivity contribution in [2.75, 3.05) is 12.8 Å². The molecule has 1 aromatic rings. The summed E-state index contributed by atoms with van der Waals surface area (Å²) in [6.07, 6.45) is 8.39. The Bertz CT molecular complexity index is 489. The molecule has 1 saturated carbocycles. The molecule has 0 heterocycles. The van der Waals surface area contributed by atoms with E-state index in [1.54, 1.807) is 18.2 Å². The molecule has 0 unspecified atom stereocenters. The van der Waals surface area contributed by atoms with Crippen molar-refractivity contribution in [3.8, 4) is 0 Å². The van der Waals surface area contributed by atoms with Gasteiger partial charge in [0.05, 0.1) is 5.02 Å². The molecule has 0 aliphatic heterocycles. The predicted molar refractivity (Wildman–Crippen MR) is 90.8 cm³/mol. The highest BCUT2D eigenvalue weighted by Gasteiger charge is 2.31. The lowest BCUT2D eigenvalue weighted by Crippen LogP contribution is -2.41. The summed E-state index contributed by atoms with van der Waals surface area (Å²) >= 11 is 11.2. The van der Waals surface area contributed by atoms with Gasteiger partial charge < -0.3 is 5.32 Å².